The lowest BCUT2D eigenvalue weighted by molar-refractivity contribution is -0.115. The average Bonchev–Trinajstić information content (AvgIpc) is 3.61. The van der Waals surface area contributed by atoms with Crippen molar-refractivity contribution in [3.63, 3.8) is 0 Å². The Bertz CT molecular complexity index is 1500. The highest BCUT2D eigenvalue weighted by molar-refractivity contribution is 6.19. The van der Waals surface area contributed by atoms with E-state index in [1.54, 1.807) is 14.2 Å². The molecule has 2 aromatic heterocycles. The number of hydrogen-bond acceptors (Lipinski definition) is 8. The minimum atomic E-state index is -0.189. The number of fused-ring (bicyclic) bond motifs is 2. The number of carbonyl (C=O) groups excluding carboxylic acids is 2. The van der Waals surface area contributed by atoms with Gasteiger partial charge in [0.2, 0.25) is 11.6 Å². The third kappa shape index (κ3) is 7.02. The van der Waals surface area contributed by atoms with Crippen LogP contribution in [0.3, 0.4) is 0 Å². The van der Waals surface area contributed by atoms with Gasteiger partial charge in [0.25, 0.3) is 0 Å². The van der Waals surface area contributed by atoms with Crippen LogP contribution in [0.5, 0.6) is 11.5 Å². The predicted octanol–water partition coefficient (Wildman–Crippen LogP) is 3.42. The maximum absolute atomic E-state index is 12.6. The molecule has 10 heteroatoms. The van der Waals surface area contributed by atoms with Crippen molar-refractivity contribution in [2.45, 2.75) is 25.9 Å². The van der Waals surface area contributed by atoms with Gasteiger partial charge in [-0.25, -0.2) is 0 Å². The molecule has 0 unspecified atom stereocenters. The fourth-order valence-electron chi connectivity index (χ4n) is 5.02. The number of aromatic nitrogens is 2. The molecule has 1 aliphatic rings. The molecular weight excluding hydrogens is 532 g/mol. The molecule has 2 heterocycles. The molecule has 1 aliphatic carbocycles. The Morgan fingerprint density at radius 1 is 0.643 bits per heavy atom. The highest BCUT2D eigenvalue weighted by atomic mass is 16.5. The summed E-state index contributed by atoms with van der Waals surface area (Å²) < 4.78 is 10.7. The number of aromatic amines is 2. The number of allylic oxidation sites excluding steroid dienone is 2. The van der Waals surface area contributed by atoms with E-state index in [1.807, 2.05) is 48.8 Å². The lowest BCUT2D eigenvalue weighted by Crippen LogP contribution is -2.31. The number of nitrogens with one attached hydrogen (secondary N) is 6. The molecule has 0 fully saturated rings. The van der Waals surface area contributed by atoms with E-state index in [9.17, 15) is 9.59 Å². The Morgan fingerprint density at radius 3 is 1.52 bits per heavy atom. The van der Waals surface area contributed by atoms with E-state index in [-0.39, 0.29) is 11.6 Å². The van der Waals surface area contributed by atoms with Crippen molar-refractivity contribution in [1.29, 1.82) is 0 Å². The Labute approximate surface area is 244 Å². The number of rotatable bonds is 16. The van der Waals surface area contributed by atoms with Crippen LogP contribution in [0.15, 0.2) is 72.3 Å². The monoisotopic (exact) mass is 570 g/mol. The highest BCUT2D eigenvalue weighted by Gasteiger charge is 2.19. The molecule has 0 saturated heterocycles. The normalized spacial score (nSPS) is 13.4. The van der Waals surface area contributed by atoms with Gasteiger partial charge in [-0.1, -0.05) is 0 Å². The van der Waals surface area contributed by atoms with Gasteiger partial charge in [-0.2, -0.15) is 0 Å². The Balaban J connectivity index is 0.967. The molecule has 220 valence electrons. The first-order valence-electron chi connectivity index (χ1n) is 14.2. The van der Waals surface area contributed by atoms with E-state index < -0.39 is 0 Å². The molecule has 0 spiro atoms. The van der Waals surface area contributed by atoms with Gasteiger partial charge in [-0.3, -0.25) is 9.59 Å². The Hall–Kier alpha value is -4.54. The molecule has 0 atom stereocenters. The highest BCUT2D eigenvalue weighted by Crippen LogP contribution is 2.24. The summed E-state index contributed by atoms with van der Waals surface area (Å²) in [7, 11) is 3.33. The van der Waals surface area contributed by atoms with Crippen LogP contribution >= 0.6 is 0 Å². The molecule has 0 radical (unpaired) electrons. The third-order valence-corrected chi connectivity index (χ3v) is 7.35. The van der Waals surface area contributed by atoms with E-state index in [0.717, 1.165) is 72.3 Å². The van der Waals surface area contributed by atoms with Gasteiger partial charge in [0.1, 0.15) is 11.5 Å². The van der Waals surface area contributed by atoms with Crippen LogP contribution in [0, 0.1) is 0 Å². The zero-order chi connectivity index (χ0) is 29.3. The van der Waals surface area contributed by atoms with Crippen molar-refractivity contribution >= 4 is 33.4 Å². The summed E-state index contributed by atoms with van der Waals surface area (Å²) >= 11 is 0. The SMILES string of the molecule is COc1ccc2[nH]cc(CNCCCNC3=CC(=O)C(NCCCNCc4c[nH]c5ccc(OC)cc45)=CC3=O)c2c1. The molecule has 10 nitrogen and oxygen atoms in total. The number of carbonyl (C=O) groups is 2. The summed E-state index contributed by atoms with van der Waals surface area (Å²) in [6.45, 7) is 4.15. The molecule has 6 N–H and O–H groups in total. The molecule has 0 saturated carbocycles. The number of methoxy groups -OCH3 is 2. The quantitative estimate of drug-likeness (QED) is 0.0892. The minimum absolute atomic E-state index is 0.189. The van der Waals surface area contributed by atoms with E-state index in [2.05, 4.69) is 31.2 Å². The maximum atomic E-state index is 12.6. The second-order valence-corrected chi connectivity index (χ2v) is 10.2. The molecular formula is C32H38N6O4. The smallest absolute Gasteiger partial charge is 0.203 e. The number of ketones is 2. The second-order valence-electron chi connectivity index (χ2n) is 10.2. The predicted molar refractivity (Wildman–Crippen MR) is 165 cm³/mol. The van der Waals surface area contributed by atoms with Crippen LogP contribution in [0.2, 0.25) is 0 Å². The average molecular weight is 571 g/mol. The third-order valence-electron chi connectivity index (χ3n) is 7.35. The molecule has 4 aromatic rings. The van der Waals surface area contributed by atoms with Gasteiger partial charge in [-0.15, -0.1) is 0 Å². The largest absolute Gasteiger partial charge is 0.497 e. The van der Waals surface area contributed by atoms with Crippen molar-refractivity contribution in [2.24, 2.45) is 0 Å². The summed E-state index contributed by atoms with van der Waals surface area (Å²) in [6, 6.07) is 12.0. The van der Waals surface area contributed by atoms with Crippen molar-refractivity contribution in [3.05, 3.63) is 83.5 Å². The Morgan fingerprint density at radius 2 is 1.10 bits per heavy atom. The first kappa shape index (κ1) is 29.0. The number of benzene rings is 2. The zero-order valence-corrected chi connectivity index (χ0v) is 24.1. The maximum Gasteiger partial charge on any atom is 0.203 e. The van der Waals surface area contributed by atoms with Gasteiger partial charge >= 0.3 is 0 Å². The van der Waals surface area contributed by atoms with E-state index in [0.29, 0.717) is 24.5 Å². The van der Waals surface area contributed by atoms with Crippen molar-refractivity contribution in [1.82, 2.24) is 31.2 Å². The van der Waals surface area contributed by atoms with E-state index in [4.69, 9.17) is 9.47 Å². The molecule has 0 amide bonds. The van der Waals surface area contributed by atoms with Crippen molar-refractivity contribution in [3.8, 4) is 11.5 Å². The second kappa shape index (κ2) is 13.9. The van der Waals surface area contributed by atoms with Crippen LogP contribution in [-0.2, 0) is 22.7 Å². The summed E-state index contributed by atoms with van der Waals surface area (Å²) in [4.78, 5) is 31.7. The zero-order valence-electron chi connectivity index (χ0n) is 24.1. The molecule has 5 rings (SSSR count). The standard InChI is InChI=1S/C32H38N6O4/c1-41-23-5-7-27-25(13-23)21(19-37-27)17-33-9-3-11-35-29-15-32(40)30(16-31(29)39)36-12-4-10-34-18-22-20-38-28-8-6-24(42-2)14-26(22)28/h5-8,13-16,19-20,33-38H,3-4,9-12,17-18H2,1-2H3. The summed E-state index contributed by atoms with van der Waals surface area (Å²) in [5, 5.41) is 15.4. The fourth-order valence-corrected chi connectivity index (χ4v) is 5.02. The number of H-pyrrole nitrogens is 2. The van der Waals surface area contributed by atoms with Gasteiger partial charge in [0.05, 0.1) is 25.6 Å². The van der Waals surface area contributed by atoms with Crippen LogP contribution in [0.4, 0.5) is 0 Å². The van der Waals surface area contributed by atoms with Gasteiger partial charge in [0.15, 0.2) is 0 Å². The van der Waals surface area contributed by atoms with Gasteiger partial charge < -0.3 is 40.7 Å². The summed E-state index contributed by atoms with van der Waals surface area (Å²) in [5.74, 6) is 1.28. The van der Waals surface area contributed by atoms with E-state index >= 15 is 0 Å². The topological polar surface area (TPSA) is 132 Å². The van der Waals surface area contributed by atoms with Gasteiger partial charge in [0, 0.05) is 72.5 Å². The number of hydrogen-bond donors (Lipinski definition) is 6. The van der Waals surface area contributed by atoms with Crippen LogP contribution in [0.25, 0.3) is 21.8 Å². The van der Waals surface area contributed by atoms with Crippen LogP contribution in [0.1, 0.15) is 24.0 Å². The van der Waals surface area contributed by atoms with Crippen molar-refractivity contribution < 1.29 is 19.1 Å². The minimum Gasteiger partial charge on any atom is -0.497 e. The molecule has 2 aromatic carbocycles. The lowest BCUT2D eigenvalue weighted by Gasteiger charge is -2.15. The van der Waals surface area contributed by atoms with Gasteiger partial charge in [-0.05, 0) is 73.5 Å². The van der Waals surface area contributed by atoms with E-state index in [1.165, 1.54) is 23.3 Å². The van der Waals surface area contributed by atoms with Crippen molar-refractivity contribution in [2.75, 3.05) is 40.4 Å². The fraction of sp³-hybridized carbons (Fsp3) is 0.312. The summed E-state index contributed by atoms with van der Waals surface area (Å²) in [6.07, 6.45) is 8.40. The molecule has 42 heavy (non-hydrogen) atoms. The van der Waals surface area contributed by atoms with Crippen LogP contribution < -0.4 is 30.7 Å². The van der Waals surface area contributed by atoms with Crippen LogP contribution in [-0.4, -0.2) is 61.9 Å². The summed E-state index contributed by atoms with van der Waals surface area (Å²) in [5.41, 5.74) is 5.16. The first-order valence-corrected chi connectivity index (χ1v) is 14.2. The molecule has 0 bridgehead atoms. The molecule has 0 aliphatic heterocycles. The first-order chi connectivity index (χ1) is 20.6. The number of ether oxygens (including phenoxy) is 2. The Kier molecular flexibility index (Phi) is 9.58. The lowest BCUT2D eigenvalue weighted by atomic mass is 10.1.